The number of fused-ring (bicyclic) bond motifs is 2. The second-order valence-electron chi connectivity index (χ2n) is 9.03. The molecule has 2 aromatic heterocycles. The zero-order valence-corrected chi connectivity index (χ0v) is 22.0. The fourth-order valence-corrected chi connectivity index (χ4v) is 5.24. The van der Waals surface area contributed by atoms with Gasteiger partial charge in [0.2, 0.25) is 0 Å². The summed E-state index contributed by atoms with van der Waals surface area (Å²) in [7, 11) is 0. The fraction of sp³-hybridized carbons (Fsp3) is 0. The molecule has 0 radical (unpaired) electrons. The van der Waals surface area contributed by atoms with Crippen molar-refractivity contribution in [2.45, 2.75) is 0 Å². The van der Waals surface area contributed by atoms with Crippen molar-refractivity contribution in [1.29, 1.82) is 42.1 Å². The Hall–Kier alpha value is -7.81. The summed E-state index contributed by atoms with van der Waals surface area (Å²) in [6, 6.07) is 16.4. The van der Waals surface area contributed by atoms with E-state index in [9.17, 15) is 42.1 Å². The van der Waals surface area contributed by atoms with E-state index in [1.54, 1.807) is 42.5 Å². The molecule has 204 valence electrons. The molecule has 0 amide bonds. The summed E-state index contributed by atoms with van der Waals surface area (Å²) in [5.41, 5.74) is -7.53. The summed E-state index contributed by atoms with van der Waals surface area (Å²) in [6.07, 6.45) is 1.33. The highest BCUT2D eigenvalue weighted by Gasteiger charge is 2.41. The Morgan fingerprint density at radius 3 is 1.42 bits per heavy atom. The van der Waals surface area contributed by atoms with Crippen molar-refractivity contribution >= 4 is 33.4 Å². The van der Waals surface area contributed by atoms with Crippen molar-refractivity contribution in [2.24, 2.45) is 0 Å². The largest absolute Gasteiger partial charge is 0.242 e. The van der Waals surface area contributed by atoms with E-state index < -0.39 is 84.3 Å². The molecule has 10 nitrogen and oxygen atoms in total. The molecule has 0 unspecified atom stereocenters. The van der Waals surface area contributed by atoms with Crippen molar-refractivity contribution < 1.29 is 13.2 Å². The molecule has 0 spiro atoms. The van der Waals surface area contributed by atoms with Gasteiger partial charge >= 0.3 is 0 Å². The van der Waals surface area contributed by atoms with Gasteiger partial charge in [-0.2, -0.15) is 42.1 Å². The first-order valence-electron chi connectivity index (χ1n) is 12.1. The van der Waals surface area contributed by atoms with Gasteiger partial charge in [-0.15, -0.1) is 0 Å². The minimum atomic E-state index is -1.31. The second kappa shape index (κ2) is 10.9. The summed E-state index contributed by atoms with van der Waals surface area (Å²) in [5, 5.41) is 78.4. The smallest absolute Gasteiger partial charge is 0.149 e. The third-order valence-corrected chi connectivity index (χ3v) is 6.95. The predicted molar refractivity (Wildman–Crippen MR) is 145 cm³/mol. The Balaban J connectivity index is 2.02. The van der Waals surface area contributed by atoms with Crippen molar-refractivity contribution in [2.75, 3.05) is 0 Å². The van der Waals surface area contributed by atoms with Crippen LogP contribution in [0.2, 0.25) is 0 Å². The quantitative estimate of drug-likeness (QED) is 0.360. The minimum absolute atomic E-state index is 0.303. The van der Waals surface area contributed by atoms with Crippen LogP contribution < -0.4 is 0 Å². The lowest BCUT2D eigenvalue weighted by molar-refractivity contribution is 0.616. The first-order chi connectivity index (χ1) is 21.7. The number of allylic oxidation sites excluding steroid dienone is 8. The molecule has 0 aliphatic heterocycles. The van der Waals surface area contributed by atoms with E-state index in [-0.39, 0.29) is 22.5 Å². The highest BCUT2D eigenvalue weighted by molar-refractivity contribution is 6.30. The molecule has 0 N–H and O–H groups in total. The van der Waals surface area contributed by atoms with Crippen LogP contribution >= 0.6 is 0 Å². The number of nitriles is 8. The van der Waals surface area contributed by atoms with Crippen molar-refractivity contribution in [3.05, 3.63) is 104 Å². The highest BCUT2D eigenvalue weighted by Crippen LogP contribution is 2.56. The van der Waals surface area contributed by atoms with Crippen LogP contribution in [0.5, 0.6) is 0 Å². The molecule has 13 heteroatoms. The lowest BCUT2D eigenvalue weighted by Crippen LogP contribution is -2.01. The molecular formula is C32H5F3N10. The molecule has 0 atom stereocenters. The number of hydrogen-bond donors (Lipinski definition) is 0. The Labute approximate surface area is 251 Å². The second-order valence-corrected chi connectivity index (χ2v) is 9.03. The zero-order chi connectivity index (χ0) is 32.6. The van der Waals surface area contributed by atoms with Crippen LogP contribution in [0.1, 0.15) is 44.8 Å². The Bertz CT molecular complexity index is 2410. The predicted octanol–water partition coefficient (Wildman–Crippen LogP) is 5.13. The van der Waals surface area contributed by atoms with E-state index in [1.807, 2.05) is 6.07 Å². The van der Waals surface area contributed by atoms with Crippen LogP contribution in [-0.2, 0) is 0 Å². The SMILES string of the molecule is N#CC(C#N)=C1C(c2cc(C#N)ncc2F)=C(C#N)c2c1cc1c(c2F)C(=C(C#N)C#N)C(c2cc(C#N)ncc2F)=C1C#N. The van der Waals surface area contributed by atoms with Gasteiger partial charge in [-0.25, -0.2) is 23.1 Å². The zero-order valence-electron chi connectivity index (χ0n) is 22.0. The van der Waals surface area contributed by atoms with Gasteiger partial charge in [0.25, 0.3) is 0 Å². The van der Waals surface area contributed by atoms with E-state index in [0.717, 1.165) is 18.2 Å². The number of halogens is 3. The van der Waals surface area contributed by atoms with Gasteiger partial charge in [-0.1, -0.05) is 0 Å². The molecular weight excluding hydrogens is 581 g/mol. The van der Waals surface area contributed by atoms with Crippen molar-refractivity contribution in [1.82, 2.24) is 9.97 Å². The average Bonchev–Trinajstić information content (AvgIpc) is 3.56. The Kier molecular flexibility index (Phi) is 6.94. The standard InChI is InChI=1S/C32H5F3N10/c33-24-12-44-16(8-40)1-19(24)28-22(10-42)18-3-21-26(14(4-36)5-37)29(20-2-17(9-41)45-13-25(20)34)23(11-43)30(21)32(35)31(18)27(28)15(6-38)7-39/h1-3,12-13H. The number of aromatic nitrogens is 2. The molecule has 3 aromatic rings. The van der Waals surface area contributed by atoms with Crippen LogP contribution in [0.4, 0.5) is 13.2 Å². The molecule has 0 saturated carbocycles. The molecule has 0 bridgehead atoms. The number of benzene rings is 1. The third-order valence-electron chi connectivity index (χ3n) is 6.95. The summed E-state index contributed by atoms with van der Waals surface area (Å²) >= 11 is 0. The van der Waals surface area contributed by atoms with Crippen LogP contribution in [0.25, 0.3) is 33.4 Å². The van der Waals surface area contributed by atoms with E-state index in [2.05, 4.69) is 9.97 Å². The fourth-order valence-electron chi connectivity index (χ4n) is 5.24. The summed E-state index contributed by atoms with van der Waals surface area (Å²) < 4.78 is 47.3. The van der Waals surface area contributed by atoms with Gasteiger partial charge in [-0.3, -0.25) is 0 Å². The monoisotopic (exact) mass is 586 g/mol. The normalized spacial score (nSPS) is 12.3. The molecule has 0 saturated heterocycles. The molecule has 0 fully saturated rings. The van der Waals surface area contributed by atoms with Gasteiger partial charge in [-0.05, 0) is 23.8 Å². The maximum absolute atomic E-state index is 16.9. The van der Waals surface area contributed by atoms with Crippen molar-refractivity contribution in [3.63, 3.8) is 0 Å². The maximum Gasteiger partial charge on any atom is 0.149 e. The average molecular weight is 586 g/mol. The number of rotatable bonds is 2. The van der Waals surface area contributed by atoms with E-state index >= 15 is 13.2 Å². The van der Waals surface area contributed by atoms with Crippen LogP contribution in [0.15, 0.2) is 41.7 Å². The minimum Gasteiger partial charge on any atom is -0.242 e. The number of pyridine rings is 2. The topological polar surface area (TPSA) is 216 Å². The number of hydrogen-bond acceptors (Lipinski definition) is 10. The van der Waals surface area contributed by atoms with Crippen LogP contribution in [0, 0.1) is 108 Å². The van der Waals surface area contributed by atoms with E-state index in [4.69, 9.17) is 0 Å². The van der Waals surface area contributed by atoms with Crippen molar-refractivity contribution in [3.8, 4) is 48.6 Å². The first-order valence-corrected chi connectivity index (χ1v) is 12.1. The molecule has 5 rings (SSSR count). The molecule has 2 aliphatic rings. The molecule has 1 aromatic carbocycles. The van der Waals surface area contributed by atoms with Crippen LogP contribution in [-0.4, -0.2) is 9.97 Å². The van der Waals surface area contributed by atoms with Gasteiger partial charge < -0.3 is 0 Å². The summed E-state index contributed by atoms with van der Waals surface area (Å²) in [5.74, 6) is -3.47. The number of nitrogens with zero attached hydrogens (tertiary/aromatic N) is 10. The molecule has 2 heterocycles. The lowest BCUT2D eigenvalue weighted by atomic mass is 9.89. The Morgan fingerprint density at radius 2 is 0.978 bits per heavy atom. The van der Waals surface area contributed by atoms with E-state index in [1.165, 1.54) is 0 Å². The van der Waals surface area contributed by atoms with Gasteiger partial charge in [0.15, 0.2) is 0 Å². The summed E-state index contributed by atoms with van der Waals surface area (Å²) in [6.45, 7) is 0. The highest BCUT2D eigenvalue weighted by atomic mass is 19.1. The molecule has 45 heavy (non-hydrogen) atoms. The van der Waals surface area contributed by atoms with Gasteiger partial charge in [0.1, 0.15) is 88.5 Å². The van der Waals surface area contributed by atoms with Crippen LogP contribution in [0.3, 0.4) is 0 Å². The van der Waals surface area contributed by atoms with Gasteiger partial charge in [0.05, 0.1) is 23.5 Å². The maximum atomic E-state index is 16.9. The lowest BCUT2D eigenvalue weighted by Gasteiger charge is -2.13. The first kappa shape index (κ1) is 28.7. The summed E-state index contributed by atoms with van der Waals surface area (Å²) in [4.78, 5) is 7.21. The Morgan fingerprint density at radius 1 is 0.511 bits per heavy atom. The molecule has 2 aliphatic carbocycles. The third kappa shape index (κ3) is 4.05. The van der Waals surface area contributed by atoms with E-state index in [0.29, 0.717) is 12.4 Å². The van der Waals surface area contributed by atoms with Gasteiger partial charge in [0, 0.05) is 50.1 Å².